The summed E-state index contributed by atoms with van der Waals surface area (Å²) in [5, 5.41) is 12.3. The second kappa shape index (κ2) is 5.44. The molecular weight excluding hydrogens is 266 g/mol. The van der Waals surface area contributed by atoms with Crippen molar-refractivity contribution in [2.24, 2.45) is 5.92 Å². The third kappa shape index (κ3) is 3.23. The van der Waals surface area contributed by atoms with E-state index in [1.165, 1.54) is 20.3 Å². The molecule has 106 valence electrons. The third-order valence-corrected chi connectivity index (χ3v) is 5.10. The highest BCUT2D eigenvalue weighted by Gasteiger charge is 2.26. The maximum Gasteiger partial charge on any atom is 0.244 e. The standard InChI is InChI=1S/C12H19N3O3S/c1-15(2)19(17,18)11-3-4-12(14-8-11)13-7-9-5-10(16)6-9/h3-4,8-10,16H,5-7H2,1-2H3,(H,13,14). The lowest BCUT2D eigenvalue weighted by atomic mass is 9.82. The molecule has 0 amide bonds. The molecule has 0 unspecified atom stereocenters. The minimum Gasteiger partial charge on any atom is -0.393 e. The van der Waals surface area contributed by atoms with Gasteiger partial charge in [-0.1, -0.05) is 0 Å². The van der Waals surface area contributed by atoms with E-state index in [2.05, 4.69) is 10.3 Å². The van der Waals surface area contributed by atoms with Gasteiger partial charge < -0.3 is 10.4 Å². The molecule has 1 saturated carbocycles. The van der Waals surface area contributed by atoms with E-state index >= 15 is 0 Å². The minimum absolute atomic E-state index is 0.160. The van der Waals surface area contributed by atoms with Crippen molar-refractivity contribution < 1.29 is 13.5 Å². The van der Waals surface area contributed by atoms with Gasteiger partial charge in [0.15, 0.2) is 0 Å². The van der Waals surface area contributed by atoms with E-state index in [9.17, 15) is 13.5 Å². The highest BCUT2D eigenvalue weighted by atomic mass is 32.2. The average molecular weight is 285 g/mol. The Hall–Kier alpha value is -1.18. The molecule has 0 aliphatic heterocycles. The van der Waals surface area contributed by atoms with Crippen LogP contribution in [0.3, 0.4) is 0 Å². The molecule has 19 heavy (non-hydrogen) atoms. The molecule has 0 bridgehead atoms. The molecule has 0 radical (unpaired) electrons. The molecule has 1 aliphatic carbocycles. The van der Waals surface area contributed by atoms with Gasteiger partial charge in [-0.2, -0.15) is 0 Å². The zero-order valence-corrected chi connectivity index (χ0v) is 11.9. The zero-order valence-electron chi connectivity index (χ0n) is 11.1. The van der Waals surface area contributed by atoms with Gasteiger partial charge in [-0.05, 0) is 30.9 Å². The molecular formula is C12H19N3O3S. The third-order valence-electron chi connectivity index (χ3n) is 3.30. The van der Waals surface area contributed by atoms with E-state index in [1.54, 1.807) is 12.1 Å². The molecule has 0 atom stereocenters. The summed E-state index contributed by atoms with van der Waals surface area (Å²) in [4.78, 5) is 4.28. The van der Waals surface area contributed by atoms with Gasteiger partial charge in [-0.25, -0.2) is 17.7 Å². The van der Waals surface area contributed by atoms with Crippen molar-refractivity contribution in [2.45, 2.75) is 23.8 Å². The van der Waals surface area contributed by atoms with Crippen molar-refractivity contribution in [2.75, 3.05) is 26.0 Å². The highest BCUT2D eigenvalue weighted by molar-refractivity contribution is 7.89. The van der Waals surface area contributed by atoms with E-state index in [0.717, 1.165) is 23.7 Å². The van der Waals surface area contributed by atoms with Crippen molar-refractivity contribution >= 4 is 15.8 Å². The van der Waals surface area contributed by atoms with Crippen LogP contribution in [0, 0.1) is 5.92 Å². The lowest BCUT2D eigenvalue weighted by molar-refractivity contribution is 0.0486. The average Bonchev–Trinajstić information content (AvgIpc) is 2.33. The van der Waals surface area contributed by atoms with E-state index in [4.69, 9.17) is 0 Å². The number of nitrogens with zero attached hydrogens (tertiary/aromatic N) is 2. The Morgan fingerprint density at radius 3 is 2.58 bits per heavy atom. The van der Waals surface area contributed by atoms with Crippen LogP contribution in [0.5, 0.6) is 0 Å². The fourth-order valence-electron chi connectivity index (χ4n) is 1.96. The number of anilines is 1. The van der Waals surface area contributed by atoms with Gasteiger partial charge in [0.05, 0.1) is 6.10 Å². The first-order chi connectivity index (χ1) is 8.89. The highest BCUT2D eigenvalue weighted by Crippen LogP contribution is 2.27. The summed E-state index contributed by atoms with van der Waals surface area (Å²) in [5.41, 5.74) is 0. The van der Waals surface area contributed by atoms with Crippen LogP contribution in [0.1, 0.15) is 12.8 Å². The summed E-state index contributed by atoms with van der Waals surface area (Å²) in [7, 11) is -0.437. The molecule has 1 aromatic heterocycles. The predicted octanol–water partition coefficient (Wildman–Crippen LogP) is 0.515. The first kappa shape index (κ1) is 14.2. The molecule has 6 nitrogen and oxygen atoms in total. The number of hydrogen-bond donors (Lipinski definition) is 2. The van der Waals surface area contributed by atoms with Crippen molar-refractivity contribution in [3.8, 4) is 0 Å². The predicted molar refractivity (Wildman–Crippen MR) is 72.3 cm³/mol. The molecule has 0 aromatic carbocycles. The van der Waals surface area contributed by atoms with Crippen molar-refractivity contribution in [1.29, 1.82) is 0 Å². The van der Waals surface area contributed by atoms with Crippen LogP contribution in [0.2, 0.25) is 0 Å². The molecule has 1 heterocycles. The summed E-state index contributed by atoms with van der Waals surface area (Å²) in [6.45, 7) is 0.754. The molecule has 2 N–H and O–H groups in total. The number of aliphatic hydroxyl groups is 1. The van der Waals surface area contributed by atoms with E-state index in [1.807, 2.05) is 0 Å². The van der Waals surface area contributed by atoms with Crippen LogP contribution in [0.25, 0.3) is 0 Å². The molecule has 1 fully saturated rings. The first-order valence-electron chi connectivity index (χ1n) is 6.20. The topological polar surface area (TPSA) is 82.5 Å². The maximum absolute atomic E-state index is 11.8. The number of aliphatic hydroxyl groups excluding tert-OH is 1. The van der Waals surface area contributed by atoms with Gasteiger partial charge in [0, 0.05) is 26.8 Å². The summed E-state index contributed by atoms with van der Waals surface area (Å²) < 4.78 is 24.8. The van der Waals surface area contributed by atoms with Crippen molar-refractivity contribution in [3.05, 3.63) is 18.3 Å². The van der Waals surface area contributed by atoms with Gasteiger partial charge in [0.1, 0.15) is 10.7 Å². The lowest BCUT2D eigenvalue weighted by Crippen LogP contribution is -2.33. The van der Waals surface area contributed by atoms with Gasteiger partial charge in [-0.3, -0.25) is 0 Å². The molecule has 0 saturated heterocycles. The van der Waals surface area contributed by atoms with Crippen LogP contribution < -0.4 is 5.32 Å². The number of rotatable bonds is 5. The smallest absolute Gasteiger partial charge is 0.244 e. The second-order valence-electron chi connectivity index (χ2n) is 5.04. The van der Waals surface area contributed by atoms with Crippen LogP contribution in [0.15, 0.2) is 23.2 Å². The Bertz CT molecular complexity index is 522. The number of sulfonamides is 1. The minimum atomic E-state index is -3.42. The SMILES string of the molecule is CN(C)S(=O)(=O)c1ccc(NCC2CC(O)C2)nc1. The molecule has 2 rings (SSSR count). The number of nitrogens with one attached hydrogen (secondary N) is 1. The van der Waals surface area contributed by atoms with Gasteiger partial charge in [-0.15, -0.1) is 0 Å². The quantitative estimate of drug-likeness (QED) is 0.824. The zero-order chi connectivity index (χ0) is 14.0. The van der Waals surface area contributed by atoms with Crippen LogP contribution >= 0.6 is 0 Å². The van der Waals surface area contributed by atoms with Crippen molar-refractivity contribution in [3.63, 3.8) is 0 Å². The van der Waals surface area contributed by atoms with Crippen LogP contribution in [-0.2, 0) is 10.0 Å². The van der Waals surface area contributed by atoms with Crippen LogP contribution in [-0.4, -0.2) is 49.6 Å². The normalized spacial score (nSPS) is 23.2. The summed E-state index contributed by atoms with van der Waals surface area (Å²) in [6, 6.07) is 3.20. The number of pyridine rings is 1. The van der Waals surface area contributed by atoms with E-state index in [-0.39, 0.29) is 11.0 Å². The Morgan fingerprint density at radius 2 is 2.11 bits per heavy atom. The van der Waals surface area contributed by atoms with Gasteiger partial charge in [0.2, 0.25) is 10.0 Å². The fraction of sp³-hybridized carbons (Fsp3) is 0.583. The monoisotopic (exact) mass is 285 g/mol. The van der Waals surface area contributed by atoms with E-state index < -0.39 is 10.0 Å². The molecule has 1 aromatic rings. The lowest BCUT2D eigenvalue weighted by Gasteiger charge is -2.31. The summed E-state index contributed by atoms with van der Waals surface area (Å²) >= 11 is 0. The summed E-state index contributed by atoms with van der Waals surface area (Å²) in [5.74, 6) is 1.13. The Labute approximate surface area is 113 Å². The summed E-state index contributed by atoms with van der Waals surface area (Å²) in [6.07, 6.45) is 2.83. The van der Waals surface area contributed by atoms with E-state index in [0.29, 0.717) is 11.7 Å². The van der Waals surface area contributed by atoms with Crippen LogP contribution in [0.4, 0.5) is 5.82 Å². The Balaban J connectivity index is 1.95. The Kier molecular flexibility index (Phi) is 4.07. The molecule has 7 heteroatoms. The first-order valence-corrected chi connectivity index (χ1v) is 7.64. The maximum atomic E-state index is 11.8. The number of hydrogen-bond acceptors (Lipinski definition) is 5. The van der Waals surface area contributed by atoms with Gasteiger partial charge >= 0.3 is 0 Å². The van der Waals surface area contributed by atoms with Crippen molar-refractivity contribution in [1.82, 2.24) is 9.29 Å². The number of aromatic nitrogens is 1. The molecule has 1 aliphatic rings. The largest absolute Gasteiger partial charge is 0.393 e. The van der Waals surface area contributed by atoms with Gasteiger partial charge in [0.25, 0.3) is 0 Å². The molecule has 0 spiro atoms. The Morgan fingerprint density at radius 1 is 1.42 bits per heavy atom. The fourth-order valence-corrected chi connectivity index (χ4v) is 2.81. The second-order valence-corrected chi connectivity index (χ2v) is 7.19.